The molecule has 3 heterocycles. The molecule has 0 aliphatic carbocycles. The molecule has 2 aromatic rings. The van der Waals surface area contributed by atoms with Gasteiger partial charge in [0.1, 0.15) is 0 Å². The van der Waals surface area contributed by atoms with Crippen LogP contribution < -0.4 is 20.9 Å². The van der Waals surface area contributed by atoms with Crippen molar-refractivity contribution in [2.45, 2.75) is 25.3 Å². The maximum atomic E-state index is 13.1. The number of benzene rings is 2. The summed E-state index contributed by atoms with van der Waals surface area (Å²) >= 11 is 5.97. The van der Waals surface area contributed by atoms with Gasteiger partial charge < -0.3 is 15.5 Å². The van der Waals surface area contributed by atoms with E-state index >= 15 is 0 Å². The summed E-state index contributed by atoms with van der Waals surface area (Å²) in [6.45, 7) is 1.80. The smallest absolute Gasteiger partial charge is 0.229 e. The van der Waals surface area contributed by atoms with Crippen LogP contribution in [-0.2, 0) is 11.2 Å². The fraction of sp³-hybridized carbons (Fsp3) is 0.348. The molecular formula is C23H25ClN4O. The van der Waals surface area contributed by atoms with Gasteiger partial charge in [-0.25, -0.2) is 0 Å². The monoisotopic (exact) mass is 408 g/mol. The van der Waals surface area contributed by atoms with Crippen LogP contribution >= 0.6 is 11.6 Å². The van der Waals surface area contributed by atoms with E-state index in [1.54, 1.807) is 0 Å². The van der Waals surface area contributed by atoms with Gasteiger partial charge in [-0.2, -0.15) is 0 Å². The molecule has 4 unspecified atom stereocenters. The lowest BCUT2D eigenvalue weighted by atomic mass is 9.81. The van der Waals surface area contributed by atoms with Crippen LogP contribution in [0.15, 0.2) is 54.6 Å². The average Bonchev–Trinajstić information content (AvgIpc) is 3.17. The van der Waals surface area contributed by atoms with Gasteiger partial charge in [-0.15, -0.1) is 0 Å². The normalized spacial score (nSPS) is 28.9. The number of piperidine rings is 1. The Labute approximate surface area is 176 Å². The zero-order chi connectivity index (χ0) is 19.8. The van der Waals surface area contributed by atoms with Crippen molar-refractivity contribution < 1.29 is 4.79 Å². The lowest BCUT2D eigenvalue weighted by molar-refractivity contribution is -0.132. The Kier molecular flexibility index (Phi) is 5.04. The van der Waals surface area contributed by atoms with Crippen molar-refractivity contribution in [2.75, 3.05) is 18.0 Å². The van der Waals surface area contributed by atoms with Gasteiger partial charge in [0.2, 0.25) is 5.91 Å². The summed E-state index contributed by atoms with van der Waals surface area (Å²) in [6, 6.07) is 16.2. The first-order valence-electron chi connectivity index (χ1n) is 10.3. The van der Waals surface area contributed by atoms with Crippen LogP contribution in [-0.4, -0.2) is 31.5 Å². The van der Waals surface area contributed by atoms with Crippen molar-refractivity contribution in [3.8, 4) is 0 Å². The van der Waals surface area contributed by atoms with E-state index in [0.29, 0.717) is 0 Å². The number of hydrogen-bond donors (Lipinski definition) is 3. The van der Waals surface area contributed by atoms with E-state index in [1.807, 2.05) is 24.3 Å². The third-order valence-electron chi connectivity index (χ3n) is 6.22. The summed E-state index contributed by atoms with van der Waals surface area (Å²) in [4.78, 5) is 15.4. The molecule has 3 N–H and O–H groups in total. The predicted molar refractivity (Wildman–Crippen MR) is 116 cm³/mol. The molecule has 3 aliphatic rings. The number of halogens is 1. The highest BCUT2D eigenvalue weighted by atomic mass is 35.5. The van der Waals surface area contributed by atoms with E-state index in [2.05, 4.69) is 57.3 Å². The Hall–Kier alpha value is -2.34. The van der Waals surface area contributed by atoms with Crippen molar-refractivity contribution in [3.63, 3.8) is 0 Å². The molecule has 0 radical (unpaired) electrons. The van der Waals surface area contributed by atoms with E-state index in [4.69, 9.17) is 11.6 Å². The fourth-order valence-electron chi connectivity index (χ4n) is 4.73. The molecule has 29 heavy (non-hydrogen) atoms. The topological polar surface area (TPSA) is 56.4 Å². The molecule has 1 amide bonds. The Bertz CT molecular complexity index is 929. The molecular weight excluding hydrogens is 384 g/mol. The number of para-hydroxylation sites is 1. The summed E-state index contributed by atoms with van der Waals surface area (Å²) in [7, 11) is 0. The summed E-state index contributed by atoms with van der Waals surface area (Å²) in [5.74, 6) is 0.179. The lowest BCUT2D eigenvalue weighted by Gasteiger charge is -2.46. The van der Waals surface area contributed by atoms with Crippen molar-refractivity contribution in [2.24, 2.45) is 11.8 Å². The highest BCUT2D eigenvalue weighted by Gasteiger charge is 2.44. The van der Waals surface area contributed by atoms with E-state index in [9.17, 15) is 4.79 Å². The highest BCUT2D eigenvalue weighted by Crippen LogP contribution is 2.32. The molecule has 0 spiro atoms. The van der Waals surface area contributed by atoms with Crippen LogP contribution in [0.1, 0.15) is 17.5 Å². The molecule has 5 nitrogen and oxygen atoms in total. The Morgan fingerprint density at radius 3 is 2.79 bits per heavy atom. The molecule has 3 aliphatic heterocycles. The Balaban J connectivity index is 1.32. The third-order valence-corrected chi connectivity index (χ3v) is 6.47. The molecule has 0 aromatic heterocycles. The number of hydrogen-bond acceptors (Lipinski definition) is 4. The number of carbonyl (C=O) groups excluding carboxylic acids is 1. The number of nitrogens with one attached hydrogen (secondary N) is 3. The maximum absolute atomic E-state index is 13.1. The molecule has 2 fully saturated rings. The van der Waals surface area contributed by atoms with Gasteiger partial charge in [0.05, 0.1) is 12.1 Å². The van der Waals surface area contributed by atoms with Crippen LogP contribution in [0, 0.1) is 11.8 Å². The van der Waals surface area contributed by atoms with Crippen LogP contribution in [0.3, 0.4) is 0 Å². The van der Waals surface area contributed by atoms with Crippen LogP contribution in [0.2, 0.25) is 5.02 Å². The number of carbonyl (C=O) groups is 1. The summed E-state index contributed by atoms with van der Waals surface area (Å²) in [6.07, 6.45) is 6.01. The van der Waals surface area contributed by atoms with Gasteiger partial charge in [-0.05, 0) is 54.6 Å². The standard InChI is InChI=1S/C23H25ClN4O/c24-18-9-6-15(7-10-18)5-8-17-11-13-25-21-20(17)22(29)27-23(26-21)28-14-12-16-3-1-2-4-19(16)28/h1-10,17,20-21,23,25-26H,11-14H2,(H,27,29)/b8-5+. The quantitative estimate of drug-likeness (QED) is 0.730. The van der Waals surface area contributed by atoms with Gasteiger partial charge in [0.15, 0.2) is 6.29 Å². The van der Waals surface area contributed by atoms with Crippen molar-refractivity contribution in [1.82, 2.24) is 16.0 Å². The predicted octanol–water partition coefficient (Wildman–Crippen LogP) is 2.97. The SMILES string of the molecule is O=C1NC(N2CCc3ccccc32)NC2NCCC(/C=C/c3ccc(Cl)cc3)C12. The second kappa shape index (κ2) is 7.82. The summed E-state index contributed by atoms with van der Waals surface area (Å²) in [5, 5.41) is 11.1. The molecule has 0 saturated carbocycles. The van der Waals surface area contributed by atoms with E-state index < -0.39 is 0 Å². The van der Waals surface area contributed by atoms with Gasteiger partial charge in [0.25, 0.3) is 0 Å². The Morgan fingerprint density at radius 2 is 1.93 bits per heavy atom. The van der Waals surface area contributed by atoms with E-state index in [-0.39, 0.29) is 30.2 Å². The van der Waals surface area contributed by atoms with Gasteiger partial charge >= 0.3 is 0 Å². The average molecular weight is 409 g/mol. The summed E-state index contributed by atoms with van der Waals surface area (Å²) in [5.41, 5.74) is 3.64. The largest absolute Gasteiger partial charge is 0.338 e. The van der Waals surface area contributed by atoms with Crippen LogP contribution in [0.5, 0.6) is 0 Å². The zero-order valence-corrected chi connectivity index (χ0v) is 16.9. The first-order valence-corrected chi connectivity index (χ1v) is 10.6. The minimum absolute atomic E-state index is 0.0323. The summed E-state index contributed by atoms with van der Waals surface area (Å²) < 4.78 is 0. The number of nitrogens with zero attached hydrogens (tertiary/aromatic N) is 1. The second-order valence-corrected chi connectivity index (χ2v) is 8.41. The molecule has 5 rings (SSSR count). The van der Waals surface area contributed by atoms with Crippen molar-refractivity contribution in [3.05, 3.63) is 70.8 Å². The number of amides is 1. The molecule has 4 atom stereocenters. The van der Waals surface area contributed by atoms with Gasteiger partial charge in [0, 0.05) is 17.3 Å². The fourth-order valence-corrected chi connectivity index (χ4v) is 4.86. The van der Waals surface area contributed by atoms with Crippen LogP contribution in [0.25, 0.3) is 6.08 Å². The van der Waals surface area contributed by atoms with Gasteiger partial charge in [-0.3, -0.25) is 10.1 Å². The number of rotatable bonds is 3. The van der Waals surface area contributed by atoms with Crippen LogP contribution in [0.4, 0.5) is 5.69 Å². The molecule has 0 bridgehead atoms. The maximum Gasteiger partial charge on any atom is 0.229 e. The number of allylic oxidation sites excluding steroid dienone is 1. The molecule has 2 aromatic carbocycles. The van der Waals surface area contributed by atoms with Crippen molar-refractivity contribution in [1.29, 1.82) is 0 Å². The number of anilines is 1. The third kappa shape index (κ3) is 3.66. The molecule has 150 valence electrons. The first-order chi connectivity index (χ1) is 14.2. The van der Waals surface area contributed by atoms with Gasteiger partial charge in [-0.1, -0.05) is 54.1 Å². The lowest BCUT2D eigenvalue weighted by Crippen LogP contribution is -2.72. The second-order valence-electron chi connectivity index (χ2n) is 7.97. The van der Waals surface area contributed by atoms with Crippen molar-refractivity contribution >= 4 is 29.3 Å². The van der Waals surface area contributed by atoms with E-state index in [1.165, 1.54) is 11.3 Å². The Morgan fingerprint density at radius 1 is 1.10 bits per heavy atom. The minimum atomic E-state index is -0.182. The zero-order valence-electron chi connectivity index (χ0n) is 16.1. The molecule has 2 saturated heterocycles. The first kappa shape index (κ1) is 18.7. The minimum Gasteiger partial charge on any atom is -0.338 e. The number of fused-ring (bicyclic) bond motifs is 2. The molecule has 6 heteroatoms. The van der Waals surface area contributed by atoms with E-state index in [0.717, 1.165) is 36.5 Å². The highest BCUT2D eigenvalue weighted by molar-refractivity contribution is 6.30.